The fourth-order valence-electron chi connectivity index (χ4n) is 4.19. The minimum atomic E-state index is 0.0437. The van der Waals surface area contributed by atoms with Gasteiger partial charge >= 0.3 is 0 Å². The van der Waals surface area contributed by atoms with Crippen molar-refractivity contribution in [2.45, 2.75) is 39.7 Å². The molecule has 0 spiro atoms. The second kappa shape index (κ2) is 9.47. The molecule has 7 heteroatoms. The van der Waals surface area contributed by atoms with Crippen LogP contribution in [0.3, 0.4) is 0 Å². The predicted octanol–water partition coefficient (Wildman–Crippen LogP) is 3.25. The second-order valence-corrected chi connectivity index (χ2v) is 8.27. The minimum Gasteiger partial charge on any atom is -0.497 e. The summed E-state index contributed by atoms with van der Waals surface area (Å²) in [5, 5.41) is 8.69. The first-order valence-electron chi connectivity index (χ1n) is 10.6. The number of rotatable bonds is 8. The second-order valence-electron chi connectivity index (χ2n) is 8.27. The van der Waals surface area contributed by atoms with Crippen molar-refractivity contribution in [2.75, 3.05) is 27.7 Å². The lowest BCUT2D eigenvalue weighted by atomic mass is 9.99. The number of likely N-dealkylation sites (N-methyl/N-ethyl adjacent to an activating group) is 1. The van der Waals surface area contributed by atoms with Gasteiger partial charge < -0.3 is 15.0 Å². The van der Waals surface area contributed by atoms with Crippen LogP contribution in [0.15, 0.2) is 24.3 Å². The third-order valence-corrected chi connectivity index (χ3v) is 5.95. The first-order valence-corrected chi connectivity index (χ1v) is 10.6. The van der Waals surface area contributed by atoms with Crippen LogP contribution in [0.2, 0.25) is 0 Å². The molecule has 1 atom stereocenters. The largest absolute Gasteiger partial charge is 0.497 e. The molecule has 31 heavy (non-hydrogen) atoms. The van der Waals surface area contributed by atoms with E-state index in [9.17, 15) is 4.79 Å². The summed E-state index contributed by atoms with van der Waals surface area (Å²) in [5.74, 6) is 0.868. The van der Waals surface area contributed by atoms with Gasteiger partial charge in [-0.15, -0.1) is 0 Å². The Labute approximate surface area is 184 Å². The molecular weight excluding hydrogens is 390 g/mol. The highest BCUT2D eigenvalue weighted by atomic mass is 16.5. The van der Waals surface area contributed by atoms with Crippen LogP contribution in [0.4, 0.5) is 0 Å². The van der Waals surface area contributed by atoms with Gasteiger partial charge in [-0.25, -0.2) is 4.98 Å². The van der Waals surface area contributed by atoms with Crippen LogP contribution in [0.5, 0.6) is 5.75 Å². The number of carbonyl (C=O) groups excluding carboxylic acids is 1. The van der Waals surface area contributed by atoms with Gasteiger partial charge in [0.25, 0.3) is 0 Å². The Bertz CT molecular complexity index is 1070. The lowest BCUT2D eigenvalue weighted by Crippen LogP contribution is -2.34. The van der Waals surface area contributed by atoms with Crippen LogP contribution < -0.4 is 10.1 Å². The number of nitrogens with one attached hydrogen (secondary N) is 1. The van der Waals surface area contributed by atoms with Crippen molar-refractivity contribution >= 4 is 16.9 Å². The maximum atomic E-state index is 12.6. The molecule has 3 aromatic rings. The molecule has 0 saturated heterocycles. The van der Waals surface area contributed by atoms with Gasteiger partial charge in [0.05, 0.1) is 18.8 Å². The summed E-state index contributed by atoms with van der Waals surface area (Å²) < 4.78 is 7.06. The number of ether oxygens (including phenoxy) is 1. The Morgan fingerprint density at radius 2 is 1.84 bits per heavy atom. The summed E-state index contributed by atoms with van der Waals surface area (Å²) in [6.45, 7) is 6.66. The van der Waals surface area contributed by atoms with E-state index in [4.69, 9.17) is 9.72 Å². The number of carbonyl (C=O) groups is 1. The van der Waals surface area contributed by atoms with Gasteiger partial charge in [-0.05, 0) is 70.1 Å². The zero-order chi connectivity index (χ0) is 22.7. The molecule has 1 aromatic carbocycles. The molecule has 3 rings (SSSR count). The van der Waals surface area contributed by atoms with Crippen LogP contribution in [0.25, 0.3) is 11.0 Å². The molecule has 0 aliphatic rings. The van der Waals surface area contributed by atoms with E-state index in [2.05, 4.69) is 22.2 Å². The van der Waals surface area contributed by atoms with E-state index in [-0.39, 0.29) is 11.9 Å². The molecular formula is C24H33N5O2. The van der Waals surface area contributed by atoms with Crippen molar-refractivity contribution in [3.05, 3.63) is 52.3 Å². The number of amides is 1. The maximum Gasteiger partial charge on any atom is 0.220 e. The molecule has 2 aromatic heterocycles. The summed E-state index contributed by atoms with van der Waals surface area (Å²) >= 11 is 0. The molecule has 0 radical (unpaired) electrons. The molecule has 0 bridgehead atoms. The zero-order valence-electron chi connectivity index (χ0n) is 19.6. The summed E-state index contributed by atoms with van der Waals surface area (Å²) in [6, 6.07) is 8.07. The molecule has 7 nitrogen and oxygen atoms in total. The van der Waals surface area contributed by atoms with E-state index in [0.717, 1.165) is 39.3 Å². The average Bonchev–Trinajstić information content (AvgIpc) is 3.01. The lowest BCUT2D eigenvalue weighted by molar-refractivity contribution is -0.121. The lowest BCUT2D eigenvalue weighted by Gasteiger charge is -2.25. The van der Waals surface area contributed by atoms with Gasteiger partial charge in [-0.2, -0.15) is 5.10 Å². The molecule has 0 aliphatic carbocycles. The molecule has 166 valence electrons. The molecule has 0 saturated carbocycles. The number of aryl methyl sites for hydroxylation is 4. The maximum absolute atomic E-state index is 12.6. The Balaban J connectivity index is 1.66. The highest BCUT2D eigenvalue weighted by Gasteiger charge is 2.18. The SMILES string of the molecule is COc1ccc(C(CNC(=O)CCc2c(C)nc3c(c(C)nn3C)c2C)N(C)C)cc1. The topological polar surface area (TPSA) is 72.3 Å². The van der Waals surface area contributed by atoms with Crippen molar-refractivity contribution < 1.29 is 9.53 Å². The Hall–Kier alpha value is -2.93. The van der Waals surface area contributed by atoms with Gasteiger partial charge in [0, 0.05) is 31.1 Å². The van der Waals surface area contributed by atoms with Gasteiger partial charge in [0.1, 0.15) is 5.75 Å². The van der Waals surface area contributed by atoms with Crippen LogP contribution in [-0.2, 0) is 18.3 Å². The molecule has 1 amide bonds. The van der Waals surface area contributed by atoms with Crippen molar-refractivity contribution in [2.24, 2.45) is 7.05 Å². The van der Waals surface area contributed by atoms with E-state index in [1.165, 1.54) is 5.56 Å². The normalized spacial score (nSPS) is 12.4. The van der Waals surface area contributed by atoms with Crippen LogP contribution in [0, 0.1) is 20.8 Å². The number of methoxy groups -OCH3 is 1. The van der Waals surface area contributed by atoms with E-state index < -0.39 is 0 Å². The zero-order valence-corrected chi connectivity index (χ0v) is 19.6. The van der Waals surface area contributed by atoms with Crippen LogP contribution in [-0.4, -0.2) is 53.3 Å². The number of fused-ring (bicyclic) bond motifs is 1. The van der Waals surface area contributed by atoms with E-state index in [0.29, 0.717) is 19.4 Å². The quantitative estimate of drug-likeness (QED) is 0.602. The number of hydrogen-bond donors (Lipinski definition) is 1. The van der Waals surface area contributed by atoms with Crippen molar-refractivity contribution in [1.82, 2.24) is 25.0 Å². The number of nitrogens with zero attached hydrogens (tertiary/aromatic N) is 4. The fraction of sp³-hybridized carbons (Fsp3) is 0.458. The van der Waals surface area contributed by atoms with E-state index >= 15 is 0 Å². The molecule has 2 heterocycles. The van der Waals surface area contributed by atoms with Gasteiger partial charge in [-0.1, -0.05) is 12.1 Å². The smallest absolute Gasteiger partial charge is 0.220 e. The average molecular weight is 424 g/mol. The highest BCUT2D eigenvalue weighted by Crippen LogP contribution is 2.26. The van der Waals surface area contributed by atoms with Crippen molar-refractivity contribution in [3.63, 3.8) is 0 Å². The first kappa shape index (κ1) is 22.7. The molecule has 1 unspecified atom stereocenters. The van der Waals surface area contributed by atoms with Crippen LogP contribution in [0.1, 0.15) is 40.5 Å². The standard InChI is InChI=1S/C24H33N5O2/c1-15-20(16(2)26-24-23(15)17(3)27-29(24)6)12-13-22(30)25-14-21(28(4)5)18-8-10-19(31-7)11-9-18/h8-11,21H,12-14H2,1-7H3,(H,25,30). The summed E-state index contributed by atoms with van der Waals surface area (Å²) in [6.07, 6.45) is 1.09. The minimum absolute atomic E-state index is 0.0437. The van der Waals surface area contributed by atoms with Crippen molar-refractivity contribution in [3.8, 4) is 5.75 Å². The summed E-state index contributed by atoms with van der Waals surface area (Å²) in [4.78, 5) is 19.5. The number of aromatic nitrogens is 3. The van der Waals surface area contributed by atoms with E-state index in [1.54, 1.807) is 7.11 Å². The number of benzene rings is 1. The Morgan fingerprint density at radius 1 is 1.16 bits per heavy atom. The molecule has 1 N–H and O–H groups in total. The van der Waals surface area contributed by atoms with Crippen molar-refractivity contribution in [1.29, 1.82) is 0 Å². The molecule has 0 fully saturated rings. The Kier molecular flexibility index (Phi) is 6.95. The number of pyridine rings is 1. The van der Waals surface area contributed by atoms with Gasteiger partial charge in [-0.3, -0.25) is 9.48 Å². The summed E-state index contributed by atoms with van der Waals surface area (Å²) in [7, 11) is 7.61. The Morgan fingerprint density at radius 3 is 2.45 bits per heavy atom. The predicted molar refractivity (Wildman–Crippen MR) is 123 cm³/mol. The first-order chi connectivity index (χ1) is 14.7. The van der Waals surface area contributed by atoms with E-state index in [1.807, 2.05) is 63.9 Å². The monoisotopic (exact) mass is 423 g/mol. The summed E-state index contributed by atoms with van der Waals surface area (Å²) in [5.41, 5.74) is 6.28. The third-order valence-electron chi connectivity index (χ3n) is 5.95. The fourth-order valence-corrected chi connectivity index (χ4v) is 4.19. The third kappa shape index (κ3) is 4.88. The molecule has 0 aliphatic heterocycles. The van der Waals surface area contributed by atoms with Gasteiger partial charge in [0.15, 0.2) is 5.65 Å². The van der Waals surface area contributed by atoms with Gasteiger partial charge in [0.2, 0.25) is 5.91 Å². The number of hydrogen-bond acceptors (Lipinski definition) is 5. The van der Waals surface area contributed by atoms with Crippen LogP contribution >= 0.6 is 0 Å². The highest BCUT2D eigenvalue weighted by molar-refractivity contribution is 5.84.